The summed E-state index contributed by atoms with van der Waals surface area (Å²) in [5.41, 5.74) is 0.779. The lowest BCUT2D eigenvalue weighted by molar-refractivity contribution is 0.394. The molecule has 18 heavy (non-hydrogen) atoms. The zero-order chi connectivity index (χ0) is 13.0. The molecule has 2 aromatic rings. The highest BCUT2D eigenvalue weighted by Crippen LogP contribution is 2.30. The Bertz CT molecular complexity index is 506. The third kappa shape index (κ3) is 2.76. The first-order valence-electron chi connectivity index (χ1n) is 5.46. The van der Waals surface area contributed by atoms with Crippen LogP contribution in [0.4, 0.5) is 0 Å². The van der Waals surface area contributed by atoms with Gasteiger partial charge in [-0.25, -0.2) is 0 Å². The molecule has 0 bridgehead atoms. The summed E-state index contributed by atoms with van der Waals surface area (Å²) in [6, 6.07) is 5.45. The van der Waals surface area contributed by atoms with Gasteiger partial charge in [-0.15, -0.1) is 10.2 Å². The molecule has 0 unspecified atom stereocenters. The monoisotopic (exact) mass is 266 g/mol. The van der Waals surface area contributed by atoms with Gasteiger partial charge in [0.15, 0.2) is 0 Å². The molecule has 1 aromatic heterocycles. The largest absolute Gasteiger partial charge is 0.497 e. The molecular weight excluding hydrogens is 252 g/mol. The maximum absolute atomic E-state index is 5.54. The molecule has 96 valence electrons. The van der Waals surface area contributed by atoms with Crippen LogP contribution in [-0.2, 0) is 0 Å². The topological polar surface area (TPSA) is 57.4 Å². The van der Waals surface area contributed by atoms with E-state index in [9.17, 15) is 0 Å². The van der Waals surface area contributed by atoms with E-state index < -0.39 is 0 Å². The predicted molar refractivity (Wildman–Crippen MR) is 69.2 cm³/mol. The average molecular weight is 266 g/mol. The summed E-state index contributed by atoms with van der Waals surface area (Å²) in [7, 11) is 3.20. The van der Waals surface area contributed by atoms with Crippen LogP contribution in [0.15, 0.2) is 27.8 Å². The van der Waals surface area contributed by atoms with E-state index in [1.54, 1.807) is 20.3 Å². The van der Waals surface area contributed by atoms with Crippen molar-refractivity contribution in [1.29, 1.82) is 0 Å². The molecule has 6 heteroatoms. The third-order valence-corrected chi connectivity index (χ3v) is 2.97. The van der Waals surface area contributed by atoms with Crippen molar-refractivity contribution in [2.45, 2.75) is 12.1 Å². The summed E-state index contributed by atoms with van der Waals surface area (Å²) in [6.07, 6.45) is 0. The molecule has 1 heterocycles. The Morgan fingerprint density at radius 1 is 1.11 bits per heavy atom. The highest BCUT2D eigenvalue weighted by atomic mass is 32.2. The van der Waals surface area contributed by atoms with Crippen molar-refractivity contribution in [2.24, 2.45) is 0 Å². The summed E-state index contributed by atoms with van der Waals surface area (Å²) in [6.45, 7) is 2.03. The fourth-order valence-electron chi connectivity index (χ4n) is 1.44. The highest BCUT2D eigenvalue weighted by molar-refractivity contribution is 7.99. The van der Waals surface area contributed by atoms with Gasteiger partial charge in [0.1, 0.15) is 11.5 Å². The number of nitrogens with zero attached hydrogens (tertiary/aromatic N) is 2. The maximum Gasteiger partial charge on any atom is 0.276 e. The van der Waals surface area contributed by atoms with Gasteiger partial charge in [0, 0.05) is 11.6 Å². The first-order valence-corrected chi connectivity index (χ1v) is 6.45. The lowest BCUT2D eigenvalue weighted by Crippen LogP contribution is -1.88. The second-order valence-electron chi connectivity index (χ2n) is 3.41. The van der Waals surface area contributed by atoms with Crippen molar-refractivity contribution in [3.05, 3.63) is 18.2 Å². The second kappa shape index (κ2) is 5.77. The number of hydrogen-bond donors (Lipinski definition) is 0. The Hall–Kier alpha value is -1.69. The molecule has 0 spiro atoms. The minimum Gasteiger partial charge on any atom is -0.497 e. The standard InChI is InChI=1S/C12H14N2O3S/c1-4-18-12-14-13-11(17-12)8-5-9(15-2)7-10(6-8)16-3/h5-7H,4H2,1-3H3. The van der Waals surface area contributed by atoms with Crippen LogP contribution in [0.3, 0.4) is 0 Å². The number of benzene rings is 1. The summed E-state index contributed by atoms with van der Waals surface area (Å²) in [5, 5.41) is 8.53. The van der Waals surface area contributed by atoms with E-state index in [2.05, 4.69) is 10.2 Å². The number of aromatic nitrogens is 2. The molecule has 0 N–H and O–H groups in total. The van der Waals surface area contributed by atoms with Crippen LogP contribution in [0.25, 0.3) is 11.5 Å². The van der Waals surface area contributed by atoms with E-state index in [4.69, 9.17) is 13.9 Å². The lowest BCUT2D eigenvalue weighted by Gasteiger charge is -2.05. The quantitative estimate of drug-likeness (QED) is 0.776. The van der Waals surface area contributed by atoms with Crippen LogP contribution in [-0.4, -0.2) is 30.2 Å². The molecule has 0 saturated carbocycles. The van der Waals surface area contributed by atoms with Crippen molar-refractivity contribution in [3.63, 3.8) is 0 Å². The first-order chi connectivity index (χ1) is 8.76. The molecule has 5 nitrogen and oxygen atoms in total. The van der Waals surface area contributed by atoms with E-state index in [0.717, 1.165) is 11.3 Å². The van der Waals surface area contributed by atoms with Gasteiger partial charge in [-0.1, -0.05) is 18.7 Å². The SMILES string of the molecule is CCSc1nnc(-c2cc(OC)cc(OC)c2)o1. The highest BCUT2D eigenvalue weighted by Gasteiger charge is 2.11. The van der Waals surface area contributed by atoms with E-state index in [1.807, 2.05) is 19.1 Å². The predicted octanol–water partition coefficient (Wildman–Crippen LogP) is 2.87. The molecule has 0 aliphatic heterocycles. The van der Waals surface area contributed by atoms with Gasteiger partial charge in [0.2, 0.25) is 5.89 Å². The molecule has 0 aliphatic rings. The van der Waals surface area contributed by atoms with E-state index in [1.165, 1.54) is 11.8 Å². The number of ether oxygens (including phenoxy) is 2. The molecular formula is C12H14N2O3S. The lowest BCUT2D eigenvalue weighted by atomic mass is 10.2. The summed E-state index contributed by atoms with van der Waals surface area (Å²) in [5.74, 6) is 2.73. The Kier molecular flexibility index (Phi) is 4.09. The molecule has 0 saturated heterocycles. The van der Waals surface area contributed by atoms with E-state index in [-0.39, 0.29) is 0 Å². The van der Waals surface area contributed by atoms with Gasteiger partial charge in [-0.05, 0) is 17.9 Å². The number of hydrogen-bond acceptors (Lipinski definition) is 6. The van der Waals surface area contributed by atoms with Gasteiger partial charge in [0.25, 0.3) is 5.22 Å². The molecule has 0 aliphatic carbocycles. The molecule has 1 aromatic carbocycles. The van der Waals surface area contributed by atoms with Gasteiger partial charge in [-0.2, -0.15) is 0 Å². The van der Waals surface area contributed by atoms with Crippen LogP contribution >= 0.6 is 11.8 Å². The number of methoxy groups -OCH3 is 2. The average Bonchev–Trinajstić information content (AvgIpc) is 2.87. The Balaban J connectivity index is 2.35. The fraction of sp³-hybridized carbons (Fsp3) is 0.333. The summed E-state index contributed by atoms with van der Waals surface area (Å²) in [4.78, 5) is 0. The van der Waals surface area contributed by atoms with Gasteiger partial charge >= 0.3 is 0 Å². The first kappa shape index (κ1) is 12.8. The fourth-order valence-corrected chi connectivity index (χ4v) is 1.92. The van der Waals surface area contributed by atoms with Gasteiger partial charge < -0.3 is 13.9 Å². The van der Waals surface area contributed by atoms with E-state index in [0.29, 0.717) is 22.6 Å². The molecule has 0 atom stereocenters. The number of thioether (sulfide) groups is 1. The maximum atomic E-state index is 5.54. The van der Waals surface area contributed by atoms with Gasteiger partial charge in [-0.3, -0.25) is 0 Å². The normalized spacial score (nSPS) is 10.4. The minimum atomic E-state index is 0.461. The Labute approximate surface area is 110 Å². The van der Waals surface area contributed by atoms with Crippen LogP contribution in [0.1, 0.15) is 6.92 Å². The summed E-state index contributed by atoms with van der Waals surface area (Å²) < 4.78 is 15.9. The summed E-state index contributed by atoms with van der Waals surface area (Å²) >= 11 is 1.51. The van der Waals surface area contributed by atoms with Gasteiger partial charge in [0.05, 0.1) is 14.2 Å². The van der Waals surface area contributed by atoms with Crippen LogP contribution in [0.2, 0.25) is 0 Å². The van der Waals surface area contributed by atoms with Crippen molar-refractivity contribution >= 4 is 11.8 Å². The van der Waals surface area contributed by atoms with Crippen molar-refractivity contribution in [3.8, 4) is 23.0 Å². The zero-order valence-electron chi connectivity index (χ0n) is 10.5. The molecule has 0 radical (unpaired) electrons. The number of rotatable bonds is 5. The van der Waals surface area contributed by atoms with Crippen LogP contribution < -0.4 is 9.47 Å². The molecule has 2 rings (SSSR count). The van der Waals surface area contributed by atoms with Crippen molar-refractivity contribution in [1.82, 2.24) is 10.2 Å². The Morgan fingerprint density at radius 2 is 1.78 bits per heavy atom. The van der Waals surface area contributed by atoms with Crippen molar-refractivity contribution < 1.29 is 13.9 Å². The van der Waals surface area contributed by atoms with Crippen molar-refractivity contribution in [2.75, 3.05) is 20.0 Å². The zero-order valence-corrected chi connectivity index (χ0v) is 11.3. The molecule has 0 fully saturated rings. The van der Waals surface area contributed by atoms with Crippen LogP contribution in [0.5, 0.6) is 11.5 Å². The van der Waals surface area contributed by atoms with Crippen LogP contribution in [0, 0.1) is 0 Å². The Morgan fingerprint density at radius 3 is 2.33 bits per heavy atom. The molecule has 0 amide bonds. The minimum absolute atomic E-state index is 0.461. The second-order valence-corrected chi connectivity index (χ2v) is 4.62. The smallest absolute Gasteiger partial charge is 0.276 e. The van der Waals surface area contributed by atoms with E-state index >= 15 is 0 Å². The third-order valence-electron chi connectivity index (χ3n) is 2.27.